The summed E-state index contributed by atoms with van der Waals surface area (Å²) in [4.78, 5) is 24.4. The molecule has 0 saturated heterocycles. The van der Waals surface area contributed by atoms with Crippen LogP contribution in [0.5, 0.6) is 11.5 Å². The number of aromatic hydroxyl groups is 1. The summed E-state index contributed by atoms with van der Waals surface area (Å²) in [6, 6.07) is 22.6. The molecule has 0 saturated carbocycles. The van der Waals surface area contributed by atoms with Crippen LogP contribution in [0.3, 0.4) is 0 Å². The summed E-state index contributed by atoms with van der Waals surface area (Å²) in [6.45, 7) is 1.74. The maximum absolute atomic E-state index is 11.9. The van der Waals surface area contributed by atoms with Crippen molar-refractivity contribution in [1.82, 2.24) is 0 Å². The molecule has 0 spiro atoms. The van der Waals surface area contributed by atoms with Gasteiger partial charge in [0.1, 0.15) is 18.1 Å². The van der Waals surface area contributed by atoms with Gasteiger partial charge in [0.2, 0.25) is 0 Å². The molecule has 0 bridgehead atoms. The number of thiophene rings is 1. The van der Waals surface area contributed by atoms with E-state index in [4.69, 9.17) is 9.47 Å². The van der Waals surface area contributed by atoms with E-state index in [1.165, 1.54) is 25.4 Å². The van der Waals surface area contributed by atoms with Crippen molar-refractivity contribution >= 4 is 23.1 Å². The first kappa shape index (κ1) is 23.3. The van der Waals surface area contributed by atoms with E-state index in [-0.39, 0.29) is 23.1 Å². The van der Waals surface area contributed by atoms with E-state index in [0.29, 0.717) is 29.9 Å². The van der Waals surface area contributed by atoms with Crippen LogP contribution in [0.25, 0.3) is 10.4 Å². The van der Waals surface area contributed by atoms with E-state index in [1.54, 1.807) is 24.3 Å². The second-order valence-electron chi connectivity index (χ2n) is 7.84. The molecule has 0 aliphatic heterocycles. The lowest BCUT2D eigenvalue weighted by atomic mass is 10.0. The van der Waals surface area contributed by atoms with E-state index < -0.39 is 0 Å². The molecule has 0 fully saturated rings. The molecular weight excluding hydrogens is 448 g/mol. The van der Waals surface area contributed by atoms with Crippen LogP contribution in [0.15, 0.2) is 78.2 Å². The lowest BCUT2D eigenvalue weighted by Crippen LogP contribution is -2.01. The molecule has 4 aromatic rings. The SMILES string of the molecule is COC(=O)c1ccc(Cc2cccc(COc3ccc(C(C)=O)c(O)c3-c3cccs3)c2)cc1. The molecule has 4 rings (SSSR count). The van der Waals surface area contributed by atoms with Crippen molar-refractivity contribution in [2.45, 2.75) is 20.0 Å². The van der Waals surface area contributed by atoms with E-state index in [1.807, 2.05) is 47.8 Å². The number of phenolic OH excluding ortho intramolecular Hbond substituents is 1. The summed E-state index contributed by atoms with van der Waals surface area (Å²) in [5.74, 6) is -0.0884. The zero-order chi connectivity index (χ0) is 24.1. The number of Topliss-reactive ketones (excluding diaryl/α,β-unsaturated/α-hetero) is 1. The van der Waals surface area contributed by atoms with Gasteiger partial charge in [-0.1, -0.05) is 42.5 Å². The number of ether oxygens (including phenoxy) is 2. The van der Waals surface area contributed by atoms with Gasteiger partial charge in [-0.15, -0.1) is 11.3 Å². The first-order chi connectivity index (χ1) is 16.5. The largest absolute Gasteiger partial charge is 0.506 e. The zero-order valence-electron chi connectivity index (χ0n) is 18.9. The van der Waals surface area contributed by atoms with Gasteiger partial charge in [-0.25, -0.2) is 4.79 Å². The summed E-state index contributed by atoms with van der Waals surface area (Å²) >= 11 is 1.47. The molecule has 0 unspecified atom stereocenters. The molecule has 3 aromatic carbocycles. The smallest absolute Gasteiger partial charge is 0.337 e. The molecule has 0 radical (unpaired) electrons. The van der Waals surface area contributed by atoms with Crippen molar-refractivity contribution in [1.29, 1.82) is 0 Å². The van der Waals surface area contributed by atoms with Crippen molar-refractivity contribution in [2.24, 2.45) is 0 Å². The Morgan fingerprint density at radius 1 is 0.912 bits per heavy atom. The lowest BCUT2D eigenvalue weighted by molar-refractivity contribution is 0.0600. The van der Waals surface area contributed by atoms with Crippen LogP contribution in [0.1, 0.15) is 44.3 Å². The van der Waals surface area contributed by atoms with E-state index >= 15 is 0 Å². The van der Waals surface area contributed by atoms with Crippen LogP contribution in [-0.2, 0) is 17.8 Å². The second-order valence-corrected chi connectivity index (χ2v) is 8.79. The zero-order valence-corrected chi connectivity index (χ0v) is 19.7. The molecule has 1 N–H and O–H groups in total. The quantitative estimate of drug-likeness (QED) is 0.241. The molecule has 1 heterocycles. The van der Waals surface area contributed by atoms with E-state index in [9.17, 15) is 14.7 Å². The van der Waals surface area contributed by atoms with Gasteiger partial charge in [-0.3, -0.25) is 4.79 Å². The third-order valence-electron chi connectivity index (χ3n) is 5.46. The van der Waals surface area contributed by atoms with E-state index in [0.717, 1.165) is 21.6 Å². The Morgan fingerprint density at radius 2 is 1.68 bits per heavy atom. The molecule has 0 aliphatic rings. The molecular formula is C28H24O5S. The normalized spacial score (nSPS) is 10.6. The molecule has 0 aliphatic carbocycles. The van der Waals surface area contributed by atoms with Gasteiger partial charge in [0, 0.05) is 4.88 Å². The van der Waals surface area contributed by atoms with Gasteiger partial charge in [0.15, 0.2) is 5.78 Å². The fourth-order valence-corrected chi connectivity index (χ4v) is 4.51. The number of methoxy groups -OCH3 is 1. The summed E-state index contributed by atoms with van der Waals surface area (Å²) in [7, 11) is 1.37. The highest BCUT2D eigenvalue weighted by molar-refractivity contribution is 7.13. The highest BCUT2D eigenvalue weighted by Gasteiger charge is 2.19. The number of esters is 1. The van der Waals surface area contributed by atoms with Crippen LogP contribution >= 0.6 is 11.3 Å². The fraction of sp³-hybridized carbons (Fsp3) is 0.143. The van der Waals surface area contributed by atoms with Gasteiger partial charge in [0.25, 0.3) is 0 Å². The van der Waals surface area contributed by atoms with Gasteiger partial charge >= 0.3 is 5.97 Å². The third-order valence-corrected chi connectivity index (χ3v) is 6.34. The summed E-state index contributed by atoms with van der Waals surface area (Å²) in [6.07, 6.45) is 0.712. The van der Waals surface area contributed by atoms with Crippen LogP contribution in [-0.4, -0.2) is 24.0 Å². The Hall–Kier alpha value is -3.90. The molecule has 1 aromatic heterocycles. The number of rotatable bonds is 8. The summed E-state index contributed by atoms with van der Waals surface area (Å²) < 4.78 is 10.9. The Kier molecular flexibility index (Phi) is 7.09. The van der Waals surface area contributed by atoms with Crippen molar-refractivity contribution < 1.29 is 24.2 Å². The minimum absolute atomic E-state index is 0.0587. The van der Waals surface area contributed by atoms with Crippen LogP contribution in [0, 0.1) is 0 Å². The number of benzene rings is 3. The second kappa shape index (κ2) is 10.4. The van der Waals surface area contributed by atoms with Crippen molar-refractivity contribution in [2.75, 3.05) is 7.11 Å². The molecule has 34 heavy (non-hydrogen) atoms. The molecule has 6 heteroatoms. The lowest BCUT2D eigenvalue weighted by Gasteiger charge is -2.15. The highest BCUT2D eigenvalue weighted by atomic mass is 32.1. The maximum atomic E-state index is 11.9. The van der Waals surface area contributed by atoms with Crippen molar-refractivity contribution in [3.05, 3.63) is 106 Å². The van der Waals surface area contributed by atoms with Crippen LogP contribution in [0.4, 0.5) is 0 Å². The third kappa shape index (κ3) is 5.18. The predicted molar refractivity (Wildman–Crippen MR) is 133 cm³/mol. The Morgan fingerprint density at radius 3 is 2.35 bits per heavy atom. The number of phenols is 1. The molecule has 0 atom stereocenters. The number of hydrogen-bond acceptors (Lipinski definition) is 6. The molecule has 0 amide bonds. The van der Waals surface area contributed by atoms with Crippen LogP contribution < -0.4 is 4.74 Å². The number of ketones is 1. The highest BCUT2D eigenvalue weighted by Crippen LogP contribution is 2.42. The number of hydrogen-bond donors (Lipinski definition) is 1. The maximum Gasteiger partial charge on any atom is 0.337 e. The standard InChI is InChI=1S/C28H24O5S/c1-18(29)23-12-13-24(26(27(23)30)25-7-4-14-34-25)33-17-21-6-3-5-20(16-21)15-19-8-10-22(11-9-19)28(31)32-2/h3-14,16,30H,15,17H2,1-2H3. The average Bonchev–Trinajstić information content (AvgIpc) is 3.37. The first-order valence-corrected chi connectivity index (χ1v) is 11.6. The van der Waals surface area contributed by atoms with Gasteiger partial charge in [0.05, 0.1) is 23.8 Å². The van der Waals surface area contributed by atoms with Crippen LogP contribution in [0.2, 0.25) is 0 Å². The Labute approximate surface area is 202 Å². The minimum Gasteiger partial charge on any atom is -0.506 e. The summed E-state index contributed by atoms with van der Waals surface area (Å²) in [5.41, 5.74) is 4.50. The van der Waals surface area contributed by atoms with Gasteiger partial charge in [-0.2, -0.15) is 0 Å². The Bertz CT molecular complexity index is 1310. The average molecular weight is 473 g/mol. The molecule has 5 nitrogen and oxygen atoms in total. The van der Waals surface area contributed by atoms with Crippen molar-refractivity contribution in [3.8, 4) is 21.9 Å². The predicted octanol–water partition coefficient (Wildman–Crippen LogP) is 6.28. The summed E-state index contributed by atoms with van der Waals surface area (Å²) in [5, 5.41) is 12.7. The van der Waals surface area contributed by atoms with Crippen molar-refractivity contribution in [3.63, 3.8) is 0 Å². The molecule has 172 valence electrons. The van der Waals surface area contributed by atoms with Gasteiger partial charge < -0.3 is 14.6 Å². The monoisotopic (exact) mass is 472 g/mol. The topological polar surface area (TPSA) is 72.8 Å². The number of carbonyl (C=O) groups is 2. The van der Waals surface area contributed by atoms with E-state index in [2.05, 4.69) is 6.07 Å². The fourth-order valence-electron chi connectivity index (χ4n) is 3.74. The van der Waals surface area contributed by atoms with Gasteiger partial charge in [-0.05, 0) is 65.7 Å². The first-order valence-electron chi connectivity index (χ1n) is 10.7. The minimum atomic E-state index is -0.352. The number of carbonyl (C=O) groups excluding carboxylic acids is 2. The Balaban J connectivity index is 1.52.